The largest absolute Gasteiger partial charge is 0.484 e. The third kappa shape index (κ3) is 7.32. The molecule has 0 atom stereocenters. The van der Waals surface area contributed by atoms with Gasteiger partial charge in [0.2, 0.25) is 0 Å². The van der Waals surface area contributed by atoms with Gasteiger partial charge < -0.3 is 26.0 Å². The molecule has 3 aromatic rings. The van der Waals surface area contributed by atoms with Crippen LogP contribution in [0.25, 0.3) is 11.0 Å². The molecule has 4 N–H and O–H groups in total. The van der Waals surface area contributed by atoms with Crippen LogP contribution >= 0.6 is 45.2 Å². The smallest absolute Gasteiger partial charge is 0.277 e. The Labute approximate surface area is 261 Å². The van der Waals surface area contributed by atoms with E-state index in [9.17, 15) is 9.59 Å². The van der Waals surface area contributed by atoms with Crippen molar-refractivity contribution in [3.05, 3.63) is 41.6 Å². The molecule has 2 amide bonds. The Kier molecular flexibility index (Phi) is 11.2. The Morgan fingerprint density at radius 3 is 2.67 bits per heavy atom. The molecule has 1 aromatic carbocycles. The molecule has 216 valence electrons. The van der Waals surface area contributed by atoms with Gasteiger partial charge in [-0.2, -0.15) is 0 Å². The van der Waals surface area contributed by atoms with Gasteiger partial charge in [0.1, 0.15) is 12.3 Å². The maximum atomic E-state index is 12.9. The molecule has 2 aromatic heterocycles. The number of ether oxygens (including phenoxy) is 1. The van der Waals surface area contributed by atoms with E-state index in [1.165, 1.54) is 0 Å². The number of rotatable bonds is 12. The number of nitrogen functional groups attached to an aromatic ring is 1. The summed E-state index contributed by atoms with van der Waals surface area (Å²) >= 11 is 4.58. The zero-order valence-electron chi connectivity index (χ0n) is 23.0. The van der Waals surface area contributed by atoms with Crippen molar-refractivity contribution >= 4 is 73.8 Å². The van der Waals surface area contributed by atoms with E-state index in [-0.39, 0.29) is 36.0 Å². The minimum absolute atomic E-state index is 0.0261. The molecule has 40 heavy (non-hydrogen) atoms. The zero-order valence-corrected chi connectivity index (χ0v) is 27.3. The molecule has 1 aliphatic heterocycles. The molecule has 3 heterocycles. The second-order valence-electron chi connectivity index (χ2n) is 9.63. The molecule has 0 aliphatic carbocycles. The number of amides is 2. The van der Waals surface area contributed by atoms with Gasteiger partial charge in [0.15, 0.2) is 29.2 Å². The minimum Gasteiger partial charge on any atom is -0.484 e. The molecule has 0 saturated carbocycles. The quantitative estimate of drug-likeness (QED) is 0.147. The summed E-state index contributed by atoms with van der Waals surface area (Å²) < 4.78 is 12.0. The summed E-state index contributed by atoms with van der Waals surface area (Å²) in [6.45, 7) is 8.96. The van der Waals surface area contributed by atoms with Gasteiger partial charge in [0.25, 0.3) is 17.6 Å². The number of halogens is 2. The Hall–Kier alpha value is -2.27. The summed E-state index contributed by atoms with van der Waals surface area (Å²) in [5, 5.41) is 6.09. The van der Waals surface area contributed by atoms with Crippen molar-refractivity contribution in [3.8, 4) is 5.75 Å². The first-order valence-electron chi connectivity index (χ1n) is 13.6. The molecular formula is C27H37I2N8O3+. The molecule has 13 heteroatoms. The van der Waals surface area contributed by atoms with Gasteiger partial charge in [-0.1, -0.05) is 45.2 Å². The van der Waals surface area contributed by atoms with Gasteiger partial charge in [0.05, 0.1) is 25.0 Å². The van der Waals surface area contributed by atoms with Gasteiger partial charge in [-0.15, -0.1) is 0 Å². The van der Waals surface area contributed by atoms with Crippen LogP contribution in [0, 0.1) is 0 Å². The van der Waals surface area contributed by atoms with Crippen molar-refractivity contribution in [1.82, 2.24) is 30.1 Å². The lowest BCUT2D eigenvalue weighted by molar-refractivity contribution is -0.676. The molecule has 1 saturated heterocycles. The fourth-order valence-electron chi connectivity index (χ4n) is 5.11. The third-order valence-electron chi connectivity index (χ3n) is 7.12. The van der Waals surface area contributed by atoms with E-state index in [4.69, 9.17) is 10.5 Å². The number of anilines is 1. The van der Waals surface area contributed by atoms with E-state index in [1.807, 2.05) is 18.2 Å². The highest BCUT2D eigenvalue weighted by Crippen LogP contribution is 2.22. The highest BCUT2D eigenvalue weighted by molar-refractivity contribution is 14.1. The standard InChI is InChI=1S/C27H36I2N8O3/c1-3-36-21-6-5-20(40-17-23(38)33-18-7-10-35(11-8-18)12-9-28)13-22(21)37(4-2)24(36)16-32-27(39)25-26(30)31-15-19(14-29)34-25/h5-6,13,15,18H,3-4,7-12,14,16-17H2,1-2H3,(H3-,30,31,32,33,38,39)/p+1. The summed E-state index contributed by atoms with van der Waals surface area (Å²) in [6.07, 6.45) is 3.52. The Morgan fingerprint density at radius 1 is 1.23 bits per heavy atom. The van der Waals surface area contributed by atoms with Crippen LogP contribution in [-0.2, 0) is 28.9 Å². The number of nitrogens with one attached hydrogen (secondary N) is 2. The number of carbonyl (C=O) groups excluding carboxylic acids is 2. The first-order valence-corrected chi connectivity index (χ1v) is 16.6. The number of fused-ring (bicyclic) bond motifs is 1. The highest BCUT2D eigenvalue weighted by Gasteiger charge is 2.26. The first kappa shape index (κ1) is 30.7. The Morgan fingerprint density at radius 2 is 2.00 bits per heavy atom. The van der Waals surface area contributed by atoms with Crippen LogP contribution in [0.4, 0.5) is 5.82 Å². The molecular weight excluding hydrogens is 738 g/mol. The molecule has 1 fully saturated rings. The second-order valence-corrected chi connectivity index (χ2v) is 11.5. The maximum Gasteiger partial charge on any atom is 0.277 e. The number of aryl methyl sites for hydroxylation is 2. The number of imidazole rings is 1. The predicted octanol–water partition coefficient (Wildman–Crippen LogP) is 2.60. The number of hydrogen-bond acceptors (Lipinski definition) is 7. The molecule has 0 bridgehead atoms. The molecule has 4 rings (SSSR count). The average molecular weight is 775 g/mol. The van der Waals surface area contributed by atoms with E-state index in [0.717, 1.165) is 60.3 Å². The second kappa shape index (κ2) is 14.6. The summed E-state index contributed by atoms with van der Waals surface area (Å²) in [5.41, 5.74) is 8.76. The van der Waals surface area contributed by atoms with Crippen molar-refractivity contribution in [2.45, 2.75) is 56.8 Å². The number of aromatic nitrogens is 4. The minimum atomic E-state index is -0.363. The summed E-state index contributed by atoms with van der Waals surface area (Å²) in [5.74, 6) is 1.22. The van der Waals surface area contributed by atoms with E-state index < -0.39 is 0 Å². The normalized spacial score (nSPS) is 14.4. The van der Waals surface area contributed by atoms with Crippen LogP contribution in [0.1, 0.15) is 48.7 Å². The number of alkyl halides is 2. The molecule has 1 aliphatic rings. The average Bonchev–Trinajstić information content (AvgIpc) is 3.27. The number of hydrogen-bond donors (Lipinski definition) is 3. The van der Waals surface area contributed by atoms with Crippen molar-refractivity contribution in [1.29, 1.82) is 0 Å². The van der Waals surface area contributed by atoms with E-state index in [0.29, 0.717) is 29.0 Å². The van der Waals surface area contributed by atoms with Gasteiger partial charge in [-0.3, -0.25) is 9.59 Å². The van der Waals surface area contributed by atoms with Crippen molar-refractivity contribution < 1.29 is 18.9 Å². The van der Waals surface area contributed by atoms with Crippen molar-refractivity contribution in [2.75, 3.05) is 36.4 Å². The zero-order chi connectivity index (χ0) is 28.6. The predicted molar refractivity (Wildman–Crippen MR) is 171 cm³/mol. The maximum absolute atomic E-state index is 12.9. The van der Waals surface area contributed by atoms with Gasteiger partial charge >= 0.3 is 0 Å². The van der Waals surface area contributed by atoms with Gasteiger partial charge in [0, 0.05) is 40.6 Å². The number of benzene rings is 1. The van der Waals surface area contributed by atoms with Crippen LogP contribution in [0.2, 0.25) is 0 Å². The van der Waals surface area contributed by atoms with Crippen LogP contribution in [0.3, 0.4) is 0 Å². The van der Waals surface area contributed by atoms with E-state index in [2.05, 4.69) is 93.7 Å². The van der Waals surface area contributed by atoms with E-state index in [1.54, 1.807) is 6.20 Å². The van der Waals surface area contributed by atoms with Crippen LogP contribution in [0.15, 0.2) is 24.4 Å². The lowest BCUT2D eigenvalue weighted by Gasteiger charge is -2.31. The molecule has 0 spiro atoms. The van der Waals surface area contributed by atoms with Crippen LogP contribution < -0.4 is 25.7 Å². The Bertz CT molecular complexity index is 1340. The van der Waals surface area contributed by atoms with Gasteiger partial charge in [-0.05, 0) is 38.8 Å². The van der Waals surface area contributed by atoms with Crippen LogP contribution in [-0.4, -0.2) is 68.0 Å². The number of carbonyl (C=O) groups is 2. The summed E-state index contributed by atoms with van der Waals surface area (Å²) in [6, 6.07) is 6.05. The fourth-order valence-corrected chi connectivity index (χ4v) is 6.16. The Balaban J connectivity index is 1.43. The molecule has 0 unspecified atom stereocenters. The number of piperidine rings is 1. The lowest BCUT2D eigenvalue weighted by Crippen LogP contribution is -2.46. The van der Waals surface area contributed by atoms with Crippen molar-refractivity contribution in [3.63, 3.8) is 0 Å². The first-order chi connectivity index (χ1) is 19.4. The van der Waals surface area contributed by atoms with E-state index >= 15 is 0 Å². The highest BCUT2D eigenvalue weighted by atomic mass is 127. The monoisotopic (exact) mass is 775 g/mol. The topological polar surface area (TPSA) is 131 Å². The molecule has 0 radical (unpaired) electrons. The summed E-state index contributed by atoms with van der Waals surface area (Å²) in [4.78, 5) is 36.4. The molecule has 11 nitrogen and oxygen atoms in total. The summed E-state index contributed by atoms with van der Waals surface area (Å²) in [7, 11) is 0. The number of likely N-dealkylation sites (tertiary alicyclic amines) is 1. The lowest BCUT2D eigenvalue weighted by atomic mass is 10.1. The fraction of sp³-hybridized carbons (Fsp3) is 0.519. The third-order valence-corrected chi connectivity index (χ3v) is 8.38. The van der Waals surface area contributed by atoms with Crippen molar-refractivity contribution in [2.24, 2.45) is 0 Å². The van der Waals surface area contributed by atoms with Crippen LogP contribution in [0.5, 0.6) is 5.75 Å². The number of nitrogens with zero attached hydrogens (tertiary/aromatic N) is 5. The SMILES string of the molecule is CCn1c(CNC(=O)c2nc(CI)cnc2N)[n+](CC)c2ccc(OCC(=O)NC3CCN(CCI)CC3)cc21. The number of nitrogens with two attached hydrogens (primary N) is 1. The van der Waals surface area contributed by atoms with Gasteiger partial charge in [-0.25, -0.2) is 19.1 Å².